The van der Waals surface area contributed by atoms with Crippen LogP contribution in [0.25, 0.3) is 10.8 Å². The molecule has 0 radical (unpaired) electrons. The molecule has 17 heavy (non-hydrogen) atoms. The lowest BCUT2D eigenvalue weighted by atomic mass is 10.1. The first-order valence-corrected chi connectivity index (χ1v) is 6.63. The number of benzene rings is 2. The van der Waals surface area contributed by atoms with Crippen LogP contribution < -0.4 is 4.90 Å². The van der Waals surface area contributed by atoms with Crippen LogP contribution in [0.15, 0.2) is 42.5 Å². The number of fused-ring (bicyclic) bond motifs is 1. The van der Waals surface area contributed by atoms with E-state index in [9.17, 15) is 4.79 Å². The zero-order valence-corrected chi connectivity index (χ0v) is 10.6. The normalized spacial score (nSPS) is 15.9. The van der Waals surface area contributed by atoms with Crippen molar-refractivity contribution in [3.8, 4) is 0 Å². The Morgan fingerprint density at radius 1 is 1.12 bits per heavy atom. The summed E-state index contributed by atoms with van der Waals surface area (Å²) in [4.78, 5) is 13.4. The third-order valence-electron chi connectivity index (χ3n) is 2.74. The Kier molecular flexibility index (Phi) is 2.61. The molecule has 3 rings (SSSR count). The lowest BCUT2D eigenvalue weighted by molar-refractivity contribution is -0.115. The second kappa shape index (κ2) is 4.13. The summed E-state index contributed by atoms with van der Waals surface area (Å²) in [5, 5.41) is 2.29. The van der Waals surface area contributed by atoms with Gasteiger partial charge in [0.25, 0.3) is 0 Å². The number of thioether (sulfide) groups is 1. The molecule has 84 valence electrons. The molecule has 0 N–H and O–H groups in total. The highest BCUT2D eigenvalue weighted by molar-refractivity contribution is 8.24. The van der Waals surface area contributed by atoms with Crippen molar-refractivity contribution in [3.05, 3.63) is 42.5 Å². The van der Waals surface area contributed by atoms with Gasteiger partial charge in [0.2, 0.25) is 5.91 Å². The molecule has 0 spiro atoms. The van der Waals surface area contributed by atoms with E-state index in [0.29, 0.717) is 10.1 Å². The summed E-state index contributed by atoms with van der Waals surface area (Å²) in [5.74, 6) is 0.515. The fraction of sp³-hybridized carbons (Fsp3) is 0.0769. The van der Waals surface area contributed by atoms with Gasteiger partial charge in [-0.05, 0) is 22.9 Å². The van der Waals surface area contributed by atoms with Gasteiger partial charge in [-0.2, -0.15) is 0 Å². The molecule has 1 aliphatic heterocycles. The predicted molar refractivity (Wildman–Crippen MR) is 76.5 cm³/mol. The molecular formula is C13H9NOS2. The fourth-order valence-electron chi connectivity index (χ4n) is 1.92. The molecule has 0 atom stereocenters. The fourth-order valence-corrected chi connectivity index (χ4v) is 3.02. The first-order chi connectivity index (χ1) is 8.25. The summed E-state index contributed by atoms with van der Waals surface area (Å²) in [6.45, 7) is 0. The Bertz CT molecular complexity index is 608. The number of thiocarbonyl (C=S) groups is 1. The SMILES string of the molecule is O=C1CSC(=S)N1c1ccc2ccccc2c1. The summed E-state index contributed by atoms with van der Waals surface area (Å²) in [7, 11) is 0. The molecular weight excluding hydrogens is 250 g/mol. The van der Waals surface area contributed by atoms with Crippen LogP contribution in [0, 0.1) is 0 Å². The van der Waals surface area contributed by atoms with Crippen LogP contribution in [0.4, 0.5) is 5.69 Å². The lowest BCUT2D eigenvalue weighted by Gasteiger charge is -2.15. The summed E-state index contributed by atoms with van der Waals surface area (Å²) < 4.78 is 0.644. The van der Waals surface area contributed by atoms with Crippen molar-refractivity contribution in [2.24, 2.45) is 0 Å². The molecule has 0 aromatic heterocycles. The molecule has 0 unspecified atom stereocenters. The Labute approximate surface area is 109 Å². The molecule has 0 aliphatic carbocycles. The highest BCUT2D eigenvalue weighted by Gasteiger charge is 2.27. The van der Waals surface area contributed by atoms with Gasteiger partial charge in [-0.3, -0.25) is 9.69 Å². The molecule has 1 saturated heterocycles. The lowest BCUT2D eigenvalue weighted by Crippen LogP contribution is -2.27. The van der Waals surface area contributed by atoms with E-state index in [1.807, 2.05) is 36.4 Å². The van der Waals surface area contributed by atoms with Crippen LogP contribution in [0.2, 0.25) is 0 Å². The number of carbonyl (C=O) groups excluding carboxylic acids is 1. The standard InChI is InChI=1S/C13H9NOS2/c15-12-8-17-13(16)14(12)11-6-5-9-3-1-2-4-10(9)7-11/h1-7H,8H2. The minimum atomic E-state index is 0.0651. The molecule has 2 aromatic carbocycles. The molecule has 2 aromatic rings. The zero-order chi connectivity index (χ0) is 11.8. The largest absolute Gasteiger partial charge is 0.273 e. The summed E-state index contributed by atoms with van der Waals surface area (Å²) in [5.41, 5.74) is 0.865. The van der Waals surface area contributed by atoms with E-state index in [2.05, 4.69) is 6.07 Å². The second-order valence-corrected chi connectivity index (χ2v) is 5.42. The van der Waals surface area contributed by atoms with E-state index in [1.54, 1.807) is 4.90 Å². The molecule has 1 fully saturated rings. The average Bonchev–Trinajstić information content (AvgIpc) is 2.68. The quantitative estimate of drug-likeness (QED) is 0.733. The van der Waals surface area contributed by atoms with Crippen molar-refractivity contribution in [3.63, 3.8) is 0 Å². The predicted octanol–water partition coefficient (Wildman–Crippen LogP) is 3.20. The van der Waals surface area contributed by atoms with Crippen LogP contribution in [0.5, 0.6) is 0 Å². The molecule has 0 saturated carbocycles. The molecule has 1 heterocycles. The van der Waals surface area contributed by atoms with Gasteiger partial charge in [0.05, 0.1) is 11.4 Å². The summed E-state index contributed by atoms with van der Waals surface area (Å²) in [6.07, 6.45) is 0. The van der Waals surface area contributed by atoms with Crippen LogP contribution in [-0.2, 0) is 4.79 Å². The number of nitrogens with zero attached hydrogens (tertiary/aromatic N) is 1. The number of hydrogen-bond acceptors (Lipinski definition) is 3. The zero-order valence-electron chi connectivity index (χ0n) is 8.92. The minimum absolute atomic E-state index is 0.0651. The van der Waals surface area contributed by atoms with E-state index in [-0.39, 0.29) is 5.91 Å². The first kappa shape index (κ1) is 10.7. The maximum atomic E-state index is 11.7. The van der Waals surface area contributed by atoms with Crippen molar-refractivity contribution in [1.82, 2.24) is 0 Å². The second-order valence-electron chi connectivity index (χ2n) is 3.82. The van der Waals surface area contributed by atoms with Crippen molar-refractivity contribution in [1.29, 1.82) is 0 Å². The van der Waals surface area contributed by atoms with E-state index >= 15 is 0 Å². The molecule has 4 heteroatoms. The molecule has 2 nitrogen and oxygen atoms in total. The van der Waals surface area contributed by atoms with Crippen molar-refractivity contribution in [2.45, 2.75) is 0 Å². The number of amides is 1. The van der Waals surface area contributed by atoms with Crippen LogP contribution in [0.1, 0.15) is 0 Å². The van der Waals surface area contributed by atoms with Crippen molar-refractivity contribution < 1.29 is 4.79 Å². The summed E-state index contributed by atoms with van der Waals surface area (Å²) in [6, 6.07) is 14.1. The van der Waals surface area contributed by atoms with Gasteiger partial charge in [0, 0.05) is 0 Å². The average molecular weight is 259 g/mol. The monoisotopic (exact) mass is 259 g/mol. The topological polar surface area (TPSA) is 20.3 Å². The number of anilines is 1. The highest BCUT2D eigenvalue weighted by atomic mass is 32.2. The highest BCUT2D eigenvalue weighted by Crippen LogP contribution is 2.29. The number of hydrogen-bond donors (Lipinski definition) is 0. The van der Waals surface area contributed by atoms with E-state index < -0.39 is 0 Å². The van der Waals surface area contributed by atoms with Gasteiger partial charge in [0.15, 0.2) is 0 Å². The van der Waals surface area contributed by atoms with Crippen molar-refractivity contribution >= 4 is 50.7 Å². The van der Waals surface area contributed by atoms with Gasteiger partial charge >= 0.3 is 0 Å². The van der Waals surface area contributed by atoms with Gasteiger partial charge in [-0.1, -0.05) is 54.3 Å². The first-order valence-electron chi connectivity index (χ1n) is 5.24. The van der Waals surface area contributed by atoms with Crippen LogP contribution in [0.3, 0.4) is 0 Å². The maximum Gasteiger partial charge on any atom is 0.243 e. The summed E-state index contributed by atoms with van der Waals surface area (Å²) >= 11 is 6.61. The minimum Gasteiger partial charge on any atom is -0.273 e. The number of rotatable bonds is 1. The Morgan fingerprint density at radius 2 is 1.88 bits per heavy atom. The Balaban J connectivity index is 2.12. The van der Waals surface area contributed by atoms with Crippen molar-refractivity contribution in [2.75, 3.05) is 10.7 Å². The molecule has 1 aliphatic rings. The molecule has 0 bridgehead atoms. The van der Waals surface area contributed by atoms with Crippen LogP contribution >= 0.6 is 24.0 Å². The van der Waals surface area contributed by atoms with E-state index in [4.69, 9.17) is 12.2 Å². The number of carbonyl (C=O) groups is 1. The van der Waals surface area contributed by atoms with E-state index in [0.717, 1.165) is 11.1 Å². The Morgan fingerprint density at radius 3 is 2.59 bits per heavy atom. The van der Waals surface area contributed by atoms with Gasteiger partial charge in [-0.15, -0.1) is 0 Å². The smallest absolute Gasteiger partial charge is 0.243 e. The van der Waals surface area contributed by atoms with Gasteiger partial charge in [0.1, 0.15) is 4.32 Å². The van der Waals surface area contributed by atoms with Gasteiger partial charge < -0.3 is 0 Å². The third-order valence-corrected chi connectivity index (χ3v) is 4.10. The van der Waals surface area contributed by atoms with Gasteiger partial charge in [-0.25, -0.2) is 0 Å². The third kappa shape index (κ3) is 1.83. The Hall–Kier alpha value is -1.39. The van der Waals surface area contributed by atoms with Crippen LogP contribution in [-0.4, -0.2) is 16.0 Å². The maximum absolute atomic E-state index is 11.7. The van der Waals surface area contributed by atoms with E-state index in [1.165, 1.54) is 17.1 Å². The molecule has 1 amide bonds.